The zero-order valence-electron chi connectivity index (χ0n) is 11.9. The summed E-state index contributed by atoms with van der Waals surface area (Å²) in [6, 6.07) is 14.7. The molecule has 0 aliphatic heterocycles. The molecule has 22 heavy (non-hydrogen) atoms. The number of rotatable bonds is 4. The van der Waals surface area contributed by atoms with Gasteiger partial charge < -0.3 is 10.1 Å². The molecule has 2 rings (SSSR count). The van der Waals surface area contributed by atoms with Gasteiger partial charge in [-0.2, -0.15) is 0 Å². The Morgan fingerprint density at radius 1 is 1.23 bits per heavy atom. The van der Waals surface area contributed by atoms with Crippen molar-refractivity contribution in [2.45, 2.75) is 6.92 Å². The van der Waals surface area contributed by atoms with Gasteiger partial charge in [-0.1, -0.05) is 18.2 Å². The Labute approximate surface area is 148 Å². The van der Waals surface area contributed by atoms with Crippen LogP contribution in [-0.2, 0) is 0 Å². The van der Waals surface area contributed by atoms with Gasteiger partial charge in [0.2, 0.25) is 0 Å². The fraction of sp³-hybridized carbons (Fsp3) is 0.125. The van der Waals surface area contributed by atoms with Crippen LogP contribution in [0.15, 0.2) is 48.5 Å². The molecule has 0 atom stereocenters. The van der Waals surface area contributed by atoms with Crippen LogP contribution in [-0.4, -0.2) is 17.6 Å². The van der Waals surface area contributed by atoms with E-state index in [1.54, 1.807) is 12.1 Å². The van der Waals surface area contributed by atoms with Gasteiger partial charge in [-0.15, -0.1) is 0 Å². The van der Waals surface area contributed by atoms with Crippen LogP contribution < -0.4 is 15.4 Å². The second-order valence-corrected chi connectivity index (χ2v) is 6.00. The third-order valence-corrected chi connectivity index (χ3v) is 3.62. The number of thiocarbonyl (C=S) groups is 1. The molecule has 0 saturated heterocycles. The normalized spacial score (nSPS) is 9.91. The van der Waals surface area contributed by atoms with Crippen LogP contribution in [0.25, 0.3) is 0 Å². The Morgan fingerprint density at radius 3 is 2.73 bits per heavy atom. The summed E-state index contributed by atoms with van der Waals surface area (Å²) in [7, 11) is 0. The van der Waals surface area contributed by atoms with E-state index in [2.05, 4.69) is 33.2 Å². The second-order valence-electron chi connectivity index (χ2n) is 4.35. The maximum Gasteiger partial charge on any atom is 0.257 e. The maximum atomic E-state index is 12.1. The zero-order chi connectivity index (χ0) is 15.9. The maximum absolute atomic E-state index is 12.1. The summed E-state index contributed by atoms with van der Waals surface area (Å²) in [5.74, 6) is 0.445. The highest BCUT2D eigenvalue weighted by molar-refractivity contribution is 14.1. The molecule has 2 N–H and O–H groups in total. The Bertz CT molecular complexity index is 691. The lowest BCUT2D eigenvalue weighted by Gasteiger charge is -2.13. The topological polar surface area (TPSA) is 50.4 Å². The van der Waals surface area contributed by atoms with Crippen molar-refractivity contribution in [2.24, 2.45) is 0 Å². The molecule has 114 valence electrons. The first kappa shape index (κ1) is 16.7. The first-order valence-corrected chi connectivity index (χ1v) is 8.18. The molecule has 0 aromatic heterocycles. The molecule has 0 heterocycles. The zero-order valence-corrected chi connectivity index (χ0v) is 14.9. The molecule has 6 heteroatoms. The predicted octanol–water partition coefficient (Wildman–Crippen LogP) is 3.82. The number of hydrogen-bond acceptors (Lipinski definition) is 3. The number of ether oxygens (including phenoxy) is 1. The highest BCUT2D eigenvalue weighted by Crippen LogP contribution is 2.23. The summed E-state index contributed by atoms with van der Waals surface area (Å²) in [5.41, 5.74) is 1.28. The van der Waals surface area contributed by atoms with E-state index in [4.69, 9.17) is 17.0 Å². The van der Waals surface area contributed by atoms with E-state index >= 15 is 0 Å². The van der Waals surface area contributed by atoms with E-state index in [0.29, 0.717) is 17.9 Å². The van der Waals surface area contributed by atoms with Crippen LogP contribution in [0.2, 0.25) is 0 Å². The number of nitrogens with one attached hydrogen (secondary N) is 2. The van der Waals surface area contributed by atoms with E-state index in [1.807, 2.05) is 43.3 Å². The van der Waals surface area contributed by atoms with Crippen LogP contribution in [0.1, 0.15) is 17.3 Å². The van der Waals surface area contributed by atoms with Gasteiger partial charge in [-0.25, -0.2) is 0 Å². The van der Waals surface area contributed by atoms with Gasteiger partial charge in [-0.3, -0.25) is 10.1 Å². The molecule has 0 spiro atoms. The number of carbonyl (C=O) groups is 1. The largest absolute Gasteiger partial charge is 0.492 e. The minimum atomic E-state index is -0.245. The quantitative estimate of drug-likeness (QED) is 0.577. The van der Waals surface area contributed by atoms with Crippen molar-refractivity contribution >= 4 is 51.5 Å². The van der Waals surface area contributed by atoms with E-state index in [-0.39, 0.29) is 11.0 Å². The van der Waals surface area contributed by atoms with Gasteiger partial charge >= 0.3 is 0 Å². The van der Waals surface area contributed by atoms with E-state index < -0.39 is 0 Å². The highest BCUT2D eigenvalue weighted by atomic mass is 127. The van der Waals surface area contributed by atoms with Crippen LogP contribution in [0.5, 0.6) is 5.75 Å². The summed E-state index contributed by atoms with van der Waals surface area (Å²) in [5, 5.41) is 5.88. The highest BCUT2D eigenvalue weighted by Gasteiger charge is 2.10. The summed E-state index contributed by atoms with van der Waals surface area (Å²) in [6.07, 6.45) is 0. The van der Waals surface area contributed by atoms with E-state index in [0.717, 1.165) is 9.26 Å². The molecule has 0 saturated carbocycles. The van der Waals surface area contributed by atoms with Gasteiger partial charge in [0.15, 0.2) is 5.11 Å². The standard InChI is InChI=1S/C16H15IN2O2S/c1-2-21-14-9-4-3-8-13(14)18-16(22)19-15(20)11-6-5-7-12(17)10-11/h3-10H,2H2,1H3,(H2,18,19,20,22). The fourth-order valence-electron chi connectivity index (χ4n) is 1.81. The molecule has 0 fully saturated rings. The molecule has 0 unspecified atom stereocenters. The monoisotopic (exact) mass is 426 g/mol. The summed E-state index contributed by atoms with van der Waals surface area (Å²) in [4.78, 5) is 12.1. The smallest absolute Gasteiger partial charge is 0.257 e. The van der Waals surface area contributed by atoms with Crippen molar-refractivity contribution in [3.05, 3.63) is 57.7 Å². The second kappa shape index (κ2) is 8.09. The summed E-state index contributed by atoms with van der Waals surface area (Å²) < 4.78 is 6.50. The van der Waals surface area contributed by atoms with Gasteiger partial charge in [0.1, 0.15) is 5.75 Å². The number of amides is 1. The molecular formula is C16H15IN2O2S. The van der Waals surface area contributed by atoms with Crippen molar-refractivity contribution in [1.29, 1.82) is 0 Å². The molecule has 0 aliphatic rings. The average molecular weight is 426 g/mol. The third kappa shape index (κ3) is 4.67. The fourth-order valence-corrected chi connectivity index (χ4v) is 2.56. The Hall–Kier alpha value is -1.67. The SMILES string of the molecule is CCOc1ccccc1NC(=S)NC(=O)c1cccc(I)c1. The van der Waals surface area contributed by atoms with Crippen molar-refractivity contribution < 1.29 is 9.53 Å². The Kier molecular flexibility index (Phi) is 6.14. The number of carbonyl (C=O) groups excluding carboxylic acids is 1. The number of halogens is 1. The van der Waals surface area contributed by atoms with Crippen molar-refractivity contribution in [3.8, 4) is 5.75 Å². The van der Waals surface area contributed by atoms with Crippen molar-refractivity contribution in [3.63, 3.8) is 0 Å². The lowest BCUT2D eigenvalue weighted by Crippen LogP contribution is -2.34. The van der Waals surface area contributed by atoms with Crippen LogP contribution in [0.3, 0.4) is 0 Å². The summed E-state index contributed by atoms with van der Waals surface area (Å²) in [6.45, 7) is 2.47. The minimum Gasteiger partial charge on any atom is -0.492 e. The Balaban J connectivity index is 2.03. The van der Waals surface area contributed by atoms with Gasteiger partial charge in [0.25, 0.3) is 5.91 Å². The number of anilines is 1. The predicted molar refractivity (Wildman–Crippen MR) is 100 cm³/mol. The van der Waals surface area contributed by atoms with Gasteiger partial charge in [0, 0.05) is 9.13 Å². The lowest BCUT2D eigenvalue weighted by molar-refractivity contribution is 0.0977. The number of hydrogen-bond donors (Lipinski definition) is 2. The van der Waals surface area contributed by atoms with Crippen LogP contribution >= 0.6 is 34.8 Å². The van der Waals surface area contributed by atoms with E-state index in [9.17, 15) is 4.79 Å². The molecule has 4 nitrogen and oxygen atoms in total. The molecule has 0 bridgehead atoms. The van der Waals surface area contributed by atoms with Crippen LogP contribution in [0.4, 0.5) is 5.69 Å². The number of para-hydroxylation sites is 2. The summed E-state index contributed by atoms with van der Waals surface area (Å²) >= 11 is 7.35. The molecule has 0 aliphatic carbocycles. The molecule has 1 amide bonds. The van der Waals surface area contributed by atoms with Crippen molar-refractivity contribution in [1.82, 2.24) is 5.32 Å². The molecule has 2 aromatic rings. The molecule has 0 radical (unpaired) electrons. The lowest BCUT2D eigenvalue weighted by atomic mass is 10.2. The van der Waals surface area contributed by atoms with Gasteiger partial charge in [0.05, 0.1) is 12.3 Å². The molecular weight excluding hydrogens is 411 g/mol. The van der Waals surface area contributed by atoms with E-state index in [1.165, 1.54) is 0 Å². The van der Waals surface area contributed by atoms with Gasteiger partial charge in [-0.05, 0) is 72.1 Å². The molecule has 2 aromatic carbocycles. The van der Waals surface area contributed by atoms with Crippen molar-refractivity contribution in [2.75, 3.05) is 11.9 Å². The average Bonchev–Trinajstić information content (AvgIpc) is 2.49. The number of benzene rings is 2. The Morgan fingerprint density at radius 2 is 2.00 bits per heavy atom. The van der Waals surface area contributed by atoms with Crippen LogP contribution in [0, 0.1) is 3.57 Å². The minimum absolute atomic E-state index is 0.232. The first-order valence-electron chi connectivity index (χ1n) is 6.70. The first-order chi connectivity index (χ1) is 10.6. The third-order valence-electron chi connectivity index (χ3n) is 2.75.